The van der Waals surface area contributed by atoms with Gasteiger partial charge >= 0.3 is 0 Å². The molecule has 0 aliphatic heterocycles. The van der Waals surface area contributed by atoms with Crippen LogP contribution >= 0.6 is 0 Å². The summed E-state index contributed by atoms with van der Waals surface area (Å²) in [5, 5.41) is 4.47. The van der Waals surface area contributed by atoms with Gasteiger partial charge in [-0.2, -0.15) is 0 Å². The SMILES string of the molecule is c1ccc2c(CNc3cncnc3)ccnc2c1. The molecule has 18 heavy (non-hydrogen) atoms. The van der Waals surface area contributed by atoms with Gasteiger partial charge in [-0.05, 0) is 17.7 Å². The summed E-state index contributed by atoms with van der Waals surface area (Å²) in [6.45, 7) is 0.733. The molecule has 3 aromatic rings. The average Bonchev–Trinajstić information content (AvgIpc) is 2.46. The minimum atomic E-state index is 0.733. The Hall–Kier alpha value is -2.49. The van der Waals surface area contributed by atoms with E-state index in [0.717, 1.165) is 17.7 Å². The summed E-state index contributed by atoms with van der Waals surface area (Å²) < 4.78 is 0. The lowest BCUT2D eigenvalue weighted by Gasteiger charge is -2.08. The number of para-hydroxylation sites is 1. The van der Waals surface area contributed by atoms with Crippen LogP contribution in [0.2, 0.25) is 0 Å². The predicted octanol–water partition coefficient (Wildman–Crippen LogP) is 2.64. The maximum absolute atomic E-state index is 4.34. The van der Waals surface area contributed by atoms with Gasteiger partial charge < -0.3 is 5.32 Å². The van der Waals surface area contributed by atoms with E-state index in [2.05, 4.69) is 26.3 Å². The fourth-order valence-electron chi connectivity index (χ4n) is 1.90. The van der Waals surface area contributed by atoms with Crippen LogP contribution in [0.25, 0.3) is 10.9 Å². The van der Waals surface area contributed by atoms with E-state index in [4.69, 9.17) is 0 Å². The summed E-state index contributed by atoms with van der Waals surface area (Å²) in [5.41, 5.74) is 3.14. The van der Waals surface area contributed by atoms with E-state index in [-0.39, 0.29) is 0 Å². The summed E-state index contributed by atoms with van der Waals surface area (Å²) in [6.07, 6.45) is 6.88. The van der Waals surface area contributed by atoms with E-state index in [0.29, 0.717) is 0 Å². The molecule has 0 aliphatic carbocycles. The van der Waals surface area contributed by atoms with Gasteiger partial charge in [-0.3, -0.25) is 4.98 Å². The Morgan fingerprint density at radius 2 is 1.83 bits per heavy atom. The molecule has 2 aromatic heterocycles. The molecule has 0 amide bonds. The first-order chi connectivity index (χ1) is 8.93. The number of fused-ring (bicyclic) bond motifs is 1. The van der Waals surface area contributed by atoms with Gasteiger partial charge in [-0.1, -0.05) is 18.2 Å². The molecule has 2 heterocycles. The molecule has 1 aromatic carbocycles. The Bertz CT molecular complexity index is 647. The second-order valence-corrected chi connectivity index (χ2v) is 3.97. The van der Waals surface area contributed by atoms with Crippen molar-refractivity contribution in [3.8, 4) is 0 Å². The fraction of sp³-hybridized carbons (Fsp3) is 0.0714. The van der Waals surface area contributed by atoms with Gasteiger partial charge in [-0.25, -0.2) is 9.97 Å². The Kier molecular flexibility index (Phi) is 2.84. The van der Waals surface area contributed by atoms with Crippen LogP contribution in [0.4, 0.5) is 5.69 Å². The quantitative estimate of drug-likeness (QED) is 0.759. The van der Waals surface area contributed by atoms with Crippen LogP contribution in [-0.2, 0) is 6.54 Å². The molecule has 0 fully saturated rings. The second kappa shape index (κ2) is 4.79. The number of nitrogens with one attached hydrogen (secondary N) is 1. The maximum atomic E-state index is 4.34. The fourth-order valence-corrected chi connectivity index (χ4v) is 1.90. The minimum absolute atomic E-state index is 0.733. The topological polar surface area (TPSA) is 50.7 Å². The number of benzene rings is 1. The van der Waals surface area contributed by atoms with Crippen LogP contribution in [0.15, 0.2) is 55.2 Å². The van der Waals surface area contributed by atoms with E-state index in [9.17, 15) is 0 Å². The van der Waals surface area contributed by atoms with Crippen LogP contribution < -0.4 is 5.32 Å². The van der Waals surface area contributed by atoms with Crippen molar-refractivity contribution >= 4 is 16.6 Å². The van der Waals surface area contributed by atoms with Gasteiger partial charge in [0.05, 0.1) is 23.6 Å². The van der Waals surface area contributed by atoms with E-state index in [1.54, 1.807) is 12.4 Å². The van der Waals surface area contributed by atoms with Crippen LogP contribution in [0.5, 0.6) is 0 Å². The van der Waals surface area contributed by atoms with Crippen molar-refractivity contribution in [2.75, 3.05) is 5.32 Å². The third-order valence-corrected chi connectivity index (χ3v) is 2.78. The second-order valence-electron chi connectivity index (χ2n) is 3.97. The number of nitrogens with zero attached hydrogens (tertiary/aromatic N) is 3. The molecular formula is C14H12N4. The van der Waals surface area contributed by atoms with Crippen LogP contribution in [0.3, 0.4) is 0 Å². The van der Waals surface area contributed by atoms with Gasteiger partial charge in [-0.15, -0.1) is 0 Å². The molecule has 3 rings (SSSR count). The van der Waals surface area contributed by atoms with Crippen LogP contribution in [-0.4, -0.2) is 15.0 Å². The van der Waals surface area contributed by atoms with E-state index < -0.39 is 0 Å². The van der Waals surface area contributed by atoms with Gasteiger partial charge in [0.2, 0.25) is 0 Å². The standard InChI is InChI=1S/C14H12N4/c1-2-4-14-13(3-1)11(5-6-17-14)7-18-12-8-15-10-16-9-12/h1-6,8-10,18H,7H2. The molecule has 0 atom stereocenters. The maximum Gasteiger partial charge on any atom is 0.115 e. The number of hydrogen-bond acceptors (Lipinski definition) is 4. The number of aromatic nitrogens is 3. The molecule has 0 unspecified atom stereocenters. The van der Waals surface area contributed by atoms with E-state index >= 15 is 0 Å². The van der Waals surface area contributed by atoms with Crippen molar-refractivity contribution in [3.05, 3.63) is 60.8 Å². The molecule has 0 aliphatic rings. The molecule has 88 valence electrons. The predicted molar refractivity (Wildman–Crippen MR) is 71.1 cm³/mol. The molecule has 0 saturated carbocycles. The van der Waals surface area contributed by atoms with Gasteiger partial charge in [0.25, 0.3) is 0 Å². The Balaban J connectivity index is 1.87. The molecule has 0 spiro atoms. The van der Waals surface area contributed by atoms with Crippen molar-refractivity contribution in [1.82, 2.24) is 15.0 Å². The highest BCUT2D eigenvalue weighted by Gasteiger charge is 2.01. The van der Waals surface area contributed by atoms with Gasteiger partial charge in [0.15, 0.2) is 0 Å². The first-order valence-electron chi connectivity index (χ1n) is 5.75. The summed E-state index contributed by atoms with van der Waals surface area (Å²) >= 11 is 0. The summed E-state index contributed by atoms with van der Waals surface area (Å²) in [7, 11) is 0. The molecule has 0 saturated heterocycles. The third kappa shape index (κ3) is 2.13. The van der Waals surface area contributed by atoms with Gasteiger partial charge in [0, 0.05) is 18.1 Å². The average molecular weight is 236 g/mol. The van der Waals surface area contributed by atoms with E-state index in [1.807, 2.05) is 30.5 Å². The lowest BCUT2D eigenvalue weighted by Crippen LogP contribution is -2.01. The van der Waals surface area contributed by atoms with E-state index in [1.165, 1.54) is 17.3 Å². The van der Waals surface area contributed by atoms with Crippen molar-refractivity contribution < 1.29 is 0 Å². The summed E-state index contributed by atoms with van der Waals surface area (Å²) in [5.74, 6) is 0. The third-order valence-electron chi connectivity index (χ3n) is 2.78. The van der Waals surface area contributed by atoms with Crippen molar-refractivity contribution in [2.45, 2.75) is 6.54 Å². The molecular weight excluding hydrogens is 224 g/mol. The summed E-state index contributed by atoms with van der Waals surface area (Å²) in [4.78, 5) is 12.3. The molecule has 4 nitrogen and oxygen atoms in total. The highest BCUT2D eigenvalue weighted by atomic mass is 14.9. The van der Waals surface area contributed by atoms with Crippen molar-refractivity contribution in [3.63, 3.8) is 0 Å². The monoisotopic (exact) mass is 236 g/mol. The first kappa shape index (κ1) is 10.7. The number of rotatable bonds is 3. The zero-order valence-electron chi connectivity index (χ0n) is 9.74. The first-order valence-corrected chi connectivity index (χ1v) is 5.75. The summed E-state index contributed by atoms with van der Waals surface area (Å²) in [6, 6.07) is 10.2. The highest BCUT2D eigenvalue weighted by Crippen LogP contribution is 2.17. The van der Waals surface area contributed by atoms with Crippen molar-refractivity contribution in [2.24, 2.45) is 0 Å². The molecule has 0 radical (unpaired) electrons. The zero-order valence-corrected chi connectivity index (χ0v) is 9.74. The Morgan fingerprint density at radius 3 is 2.72 bits per heavy atom. The highest BCUT2D eigenvalue weighted by molar-refractivity contribution is 5.82. The Labute approximate surface area is 105 Å². The zero-order chi connectivity index (χ0) is 12.2. The number of hydrogen-bond donors (Lipinski definition) is 1. The lowest BCUT2D eigenvalue weighted by atomic mass is 10.1. The lowest BCUT2D eigenvalue weighted by molar-refractivity contribution is 1.10. The molecule has 0 bridgehead atoms. The van der Waals surface area contributed by atoms with Crippen molar-refractivity contribution in [1.29, 1.82) is 0 Å². The normalized spacial score (nSPS) is 10.4. The van der Waals surface area contributed by atoms with Crippen LogP contribution in [0, 0.1) is 0 Å². The van der Waals surface area contributed by atoms with Gasteiger partial charge in [0.1, 0.15) is 6.33 Å². The van der Waals surface area contributed by atoms with Crippen LogP contribution in [0.1, 0.15) is 5.56 Å². The number of anilines is 1. The number of pyridine rings is 1. The molecule has 1 N–H and O–H groups in total. The largest absolute Gasteiger partial charge is 0.378 e. The Morgan fingerprint density at radius 1 is 1.00 bits per heavy atom. The smallest absolute Gasteiger partial charge is 0.115 e. The molecule has 4 heteroatoms. The minimum Gasteiger partial charge on any atom is -0.378 e.